The maximum Gasteiger partial charge on any atom is 0.348 e. The van der Waals surface area contributed by atoms with Crippen molar-refractivity contribution in [3.05, 3.63) is 51.4 Å². The Hall–Kier alpha value is -3.02. The van der Waals surface area contributed by atoms with Crippen LogP contribution >= 0.6 is 0 Å². The highest BCUT2D eigenvalue weighted by molar-refractivity contribution is 6.05. The normalized spacial score (nSPS) is 10.8. The van der Waals surface area contributed by atoms with Gasteiger partial charge in [0.25, 0.3) is 0 Å². The molecule has 22 heavy (non-hydrogen) atoms. The van der Waals surface area contributed by atoms with Crippen molar-refractivity contribution in [3.8, 4) is 11.5 Å². The van der Waals surface area contributed by atoms with Crippen LogP contribution in [0.2, 0.25) is 0 Å². The average molecular weight is 300 g/mol. The minimum atomic E-state index is -0.617. The Morgan fingerprint density at radius 1 is 0.955 bits per heavy atom. The van der Waals surface area contributed by atoms with Gasteiger partial charge in [0.1, 0.15) is 16.7 Å². The average Bonchev–Trinajstić information content (AvgIpc) is 2.53. The fourth-order valence-corrected chi connectivity index (χ4v) is 2.32. The summed E-state index contributed by atoms with van der Waals surface area (Å²) < 4.78 is 20.7. The summed E-state index contributed by atoms with van der Waals surface area (Å²) in [6.45, 7) is 3.52. The summed E-state index contributed by atoms with van der Waals surface area (Å²) in [5.41, 5.74) is -1.06. The molecule has 0 radical (unpaired) electrons. The van der Waals surface area contributed by atoms with Crippen LogP contribution in [0.5, 0.6) is 11.5 Å². The SMILES string of the molecule is C=Cc1cc2oc(=O)c3cc(OC)c(OC)cc3c2c(=O)o1. The molecule has 0 saturated carbocycles. The molecule has 0 amide bonds. The van der Waals surface area contributed by atoms with Crippen molar-refractivity contribution in [3.63, 3.8) is 0 Å². The van der Waals surface area contributed by atoms with Gasteiger partial charge in [0.05, 0.1) is 19.6 Å². The predicted molar refractivity (Wildman–Crippen MR) is 81.7 cm³/mol. The molecule has 0 N–H and O–H groups in total. The van der Waals surface area contributed by atoms with Gasteiger partial charge in [-0.05, 0) is 18.2 Å². The molecule has 1 aromatic carbocycles. The van der Waals surface area contributed by atoms with E-state index in [1.807, 2.05) is 0 Å². The monoisotopic (exact) mass is 300 g/mol. The number of hydrogen-bond donors (Lipinski definition) is 0. The van der Waals surface area contributed by atoms with Crippen LogP contribution in [-0.4, -0.2) is 14.2 Å². The first-order chi connectivity index (χ1) is 10.6. The zero-order valence-electron chi connectivity index (χ0n) is 12.0. The molecule has 0 aliphatic carbocycles. The van der Waals surface area contributed by atoms with E-state index in [1.54, 1.807) is 6.07 Å². The summed E-state index contributed by atoms with van der Waals surface area (Å²) in [7, 11) is 2.92. The van der Waals surface area contributed by atoms with Gasteiger partial charge in [0.15, 0.2) is 11.5 Å². The van der Waals surface area contributed by atoms with E-state index in [0.29, 0.717) is 16.9 Å². The molecule has 0 bridgehead atoms. The Bertz CT molecular complexity index is 1010. The van der Waals surface area contributed by atoms with Crippen LogP contribution in [0, 0.1) is 0 Å². The van der Waals surface area contributed by atoms with Crippen LogP contribution in [0.1, 0.15) is 5.76 Å². The van der Waals surface area contributed by atoms with E-state index in [1.165, 1.54) is 32.4 Å². The number of rotatable bonds is 3. The lowest BCUT2D eigenvalue weighted by molar-refractivity contribution is 0.355. The van der Waals surface area contributed by atoms with Crippen molar-refractivity contribution in [1.29, 1.82) is 0 Å². The molecular formula is C16H12O6. The molecule has 0 atom stereocenters. The molecule has 6 heteroatoms. The minimum absolute atomic E-state index is 0.135. The summed E-state index contributed by atoms with van der Waals surface area (Å²) in [6.07, 6.45) is 1.36. The standard InChI is InChI=1S/C16H12O6/c1-4-8-5-13-14(16(18)21-8)9-6-11(19-2)12(20-3)7-10(9)15(17)22-13/h4-7H,1H2,2-3H3. The first-order valence-electron chi connectivity index (χ1n) is 6.38. The molecule has 0 saturated heterocycles. The highest BCUT2D eigenvalue weighted by Gasteiger charge is 2.16. The van der Waals surface area contributed by atoms with Crippen LogP contribution in [0.3, 0.4) is 0 Å². The van der Waals surface area contributed by atoms with Gasteiger partial charge < -0.3 is 18.3 Å². The van der Waals surface area contributed by atoms with E-state index in [9.17, 15) is 9.59 Å². The van der Waals surface area contributed by atoms with Gasteiger partial charge in [-0.25, -0.2) is 9.59 Å². The second-order valence-electron chi connectivity index (χ2n) is 4.52. The lowest BCUT2D eigenvalue weighted by Crippen LogP contribution is -2.07. The molecule has 0 spiro atoms. The molecular weight excluding hydrogens is 288 g/mol. The molecule has 112 valence electrons. The lowest BCUT2D eigenvalue weighted by Gasteiger charge is -2.09. The second kappa shape index (κ2) is 5.07. The zero-order chi connectivity index (χ0) is 15.9. The molecule has 0 aliphatic rings. The number of ether oxygens (including phenoxy) is 2. The Labute approximate surface area is 124 Å². The first-order valence-corrected chi connectivity index (χ1v) is 6.38. The van der Waals surface area contributed by atoms with Crippen molar-refractivity contribution in [1.82, 2.24) is 0 Å². The molecule has 0 aliphatic heterocycles. The molecule has 0 fully saturated rings. The fourth-order valence-electron chi connectivity index (χ4n) is 2.32. The molecule has 2 aromatic heterocycles. The van der Waals surface area contributed by atoms with E-state index in [-0.39, 0.29) is 22.1 Å². The maximum absolute atomic E-state index is 12.2. The molecule has 6 nitrogen and oxygen atoms in total. The Balaban J connectivity index is 2.57. The van der Waals surface area contributed by atoms with Crippen LogP contribution < -0.4 is 20.7 Å². The summed E-state index contributed by atoms with van der Waals surface area (Å²) in [6, 6.07) is 4.47. The first kappa shape index (κ1) is 13.9. The van der Waals surface area contributed by atoms with E-state index in [4.69, 9.17) is 18.3 Å². The van der Waals surface area contributed by atoms with E-state index in [0.717, 1.165) is 0 Å². The second-order valence-corrected chi connectivity index (χ2v) is 4.52. The number of hydrogen-bond acceptors (Lipinski definition) is 6. The van der Waals surface area contributed by atoms with Crippen LogP contribution in [0.4, 0.5) is 0 Å². The van der Waals surface area contributed by atoms with Crippen molar-refractivity contribution in [2.24, 2.45) is 0 Å². The molecule has 2 heterocycles. The van der Waals surface area contributed by atoms with Crippen LogP contribution in [0.25, 0.3) is 27.8 Å². The number of methoxy groups -OCH3 is 2. The predicted octanol–water partition coefficient (Wildman–Crippen LogP) is 2.56. The fraction of sp³-hybridized carbons (Fsp3) is 0.125. The third kappa shape index (κ3) is 1.96. The Morgan fingerprint density at radius 2 is 1.59 bits per heavy atom. The highest BCUT2D eigenvalue weighted by atomic mass is 16.5. The third-order valence-corrected chi connectivity index (χ3v) is 3.35. The van der Waals surface area contributed by atoms with Gasteiger partial charge >= 0.3 is 11.3 Å². The molecule has 3 rings (SSSR count). The van der Waals surface area contributed by atoms with Gasteiger partial charge in [0.2, 0.25) is 0 Å². The minimum Gasteiger partial charge on any atom is -0.493 e. The number of benzene rings is 1. The largest absolute Gasteiger partial charge is 0.493 e. The number of fused-ring (bicyclic) bond motifs is 3. The van der Waals surface area contributed by atoms with Crippen molar-refractivity contribution in [2.75, 3.05) is 14.2 Å². The van der Waals surface area contributed by atoms with E-state index >= 15 is 0 Å². The van der Waals surface area contributed by atoms with Gasteiger partial charge in [-0.1, -0.05) is 6.58 Å². The quantitative estimate of drug-likeness (QED) is 0.692. The molecule has 0 unspecified atom stereocenters. The smallest absolute Gasteiger partial charge is 0.348 e. The Morgan fingerprint density at radius 3 is 2.18 bits per heavy atom. The zero-order valence-corrected chi connectivity index (χ0v) is 12.0. The van der Waals surface area contributed by atoms with Gasteiger partial charge in [-0.3, -0.25) is 0 Å². The van der Waals surface area contributed by atoms with Gasteiger partial charge in [-0.2, -0.15) is 0 Å². The summed E-state index contributed by atoms with van der Waals surface area (Å²) in [5, 5.41) is 0.762. The van der Waals surface area contributed by atoms with Crippen LogP contribution in [0.15, 0.2) is 43.2 Å². The van der Waals surface area contributed by atoms with Gasteiger partial charge in [-0.15, -0.1) is 0 Å². The van der Waals surface area contributed by atoms with E-state index in [2.05, 4.69) is 6.58 Å². The lowest BCUT2D eigenvalue weighted by atomic mass is 10.1. The van der Waals surface area contributed by atoms with E-state index < -0.39 is 11.3 Å². The van der Waals surface area contributed by atoms with Crippen LogP contribution in [-0.2, 0) is 0 Å². The molecule has 3 aromatic rings. The van der Waals surface area contributed by atoms with Crippen molar-refractivity contribution < 1.29 is 18.3 Å². The summed E-state index contributed by atoms with van der Waals surface area (Å²) in [4.78, 5) is 24.3. The highest BCUT2D eigenvalue weighted by Crippen LogP contribution is 2.33. The maximum atomic E-state index is 12.2. The third-order valence-electron chi connectivity index (χ3n) is 3.35. The van der Waals surface area contributed by atoms with Gasteiger partial charge in [0, 0.05) is 11.5 Å². The summed E-state index contributed by atoms with van der Waals surface area (Å²) >= 11 is 0. The van der Waals surface area contributed by atoms with Crippen molar-refractivity contribution in [2.45, 2.75) is 0 Å². The Kier molecular flexibility index (Phi) is 3.21. The topological polar surface area (TPSA) is 78.9 Å². The summed E-state index contributed by atoms with van der Waals surface area (Å²) in [5.74, 6) is 0.989. The van der Waals surface area contributed by atoms with Crippen molar-refractivity contribution >= 4 is 27.8 Å².